The van der Waals surface area contributed by atoms with E-state index in [0.29, 0.717) is 27.9 Å². The number of benzene rings is 2. The van der Waals surface area contributed by atoms with Gasteiger partial charge in [0.15, 0.2) is 0 Å². The van der Waals surface area contributed by atoms with Crippen LogP contribution in [-0.4, -0.2) is 33.9 Å². The Balaban J connectivity index is 1.84. The summed E-state index contributed by atoms with van der Waals surface area (Å²) in [5.74, 6) is 0.929. The number of aliphatic hydroxyl groups is 1. The minimum Gasteiger partial charge on any atom is -0.491 e. The minimum absolute atomic E-state index is 0.119. The van der Waals surface area contributed by atoms with E-state index in [2.05, 4.69) is 43.3 Å². The van der Waals surface area contributed by atoms with Gasteiger partial charge in [-0.25, -0.2) is 9.78 Å². The summed E-state index contributed by atoms with van der Waals surface area (Å²) in [6.07, 6.45) is 1.63. The fraction of sp³-hybridized carbons (Fsp3) is 0.300. The van der Waals surface area contributed by atoms with Gasteiger partial charge in [-0.2, -0.15) is 0 Å². The second kappa shape index (κ2) is 11.5. The van der Waals surface area contributed by atoms with E-state index in [-0.39, 0.29) is 36.3 Å². The number of hydrogen-bond acceptors (Lipinski definition) is 5. The van der Waals surface area contributed by atoms with Crippen molar-refractivity contribution in [2.45, 2.75) is 39.5 Å². The van der Waals surface area contributed by atoms with Gasteiger partial charge in [0.1, 0.15) is 23.7 Å². The first kappa shape index (κ1) is 26.9. The molecule has 0 fully saturated rings. The third-order valence-corrected chi connectivity index (χ3v) is 6.47. The molecule has 0 aliphatic carbocycles. The van der Waals surface area contributed by atoms with Gasteiger partial charge in [0.05, 0.1) is 6.61 Å². The highest BCUT2D eigenvalue weighted by atomic mass is 16.5. The topological polar surface area (TPSA) is 105 Å². The van der Waals surface area contributed by atoms with Crippen LogP contribution in [0.1, 0.15) is 50.7 Å². The van der Waals surface area contributed by atoms with Crippen molar-refractivity contribution in [3.8, 4) is 16.9 Å². The highest BCUT2D eigenvalue weighted by Gasteiger charge is 2.22. The normalized spacial score (nSPS) is 11.3. The summed E-state index contributed by atoms with van der Waals surface area (Å²) < 4.78 is 7.04. The maximum atomic E-state index is 13.6. The molecular weight excluding hydrogens is 480 g/mol. The van der Waals surface area contributed by atoms with Crippen molar-refractivity contribution in [3.05, 3.63) is 82.3 Å². The lowest BCUT2D eigenvalue weighted by atomic mass is 9.93. The number of anilines is 2. The Kier molecular flexibility index (Phi) is 8.12. The number of aromatic nitrogens is 2. The summed E-state index contributed by atoms with van der Waals surface area (Å²) in [6, 6.07) is 16.4. The third kappa shape index (κ3) is 5.40. The molecule has 0 unspecified atom stereocenters. The Labute approximate surface area is 222 Å². The molecule has 0 bridgehead atoms. The van der Waals surface area contributed by atoms with E-state index in [0.717, 1.165) is 16.8 Å². The first-order chi connectivity index (χ1) is 18.2. The molecule has 0 aliphatic heterocycles. The van der Waals surface area contributed by atoms with Gasteiger partial charge in [-0.3, -0.25) is 9.36 Å². The molecule has 0 spiro atoms. The molecule has 8 nitrogen and oxygen atoms in total. The number of rotatable bonds is 8. The van der Waals surface area contributed by atoms with Crippen molar-refractivity contribution in [2.24, 2.45) is 7.05 Å². The molecule has 0 saturated heterocycles. The van der Waals surface area contributed by atoms with Crippen molar-refractivity contribution in [1.82, 2.24) is 9.55 Å². The average Bonchev–Trinajstić information content (AvgIpc) is 2.90. The molecule has 0 saturated carbocycles. The van der Waals surface area contributed by atoms with Gasteiger partial charge >= 0.3 is 6.03 Å². The summed E-state index contributed by atoms with van der Waals surface area (Å²) >= 11 is 0. The standard InChI is InChI=1S/C30H34N4O4/c1-18(2)22-11-7-12-23(19(3)4)26(22)32-30(37)33-27-25(20-9-6-10-21(17-20)38-16-15-35)24-13-8-14-31-28(24)34(5)29(27)36/h6-14,17-19,35H,15-16H2,1-5H3,(H2,32,33,37). The van der Waals surface area contributed by atoms with Crippen molar-refractivity contribution < 1.29 is 14.6 Å². The molecule has 0 radical (unpaired) electrons. The van der Waals surface area contributed by atoms with Crippen molar-refractivity contribution in [2.75, 3.05) is 23.8 Å². The number of carbonyl (C=O) groups excluding carboxylic acids is 1. The van der Waals surface area contributed by atoms with Crippen LogP contribution in [0.4, 0.5) is 16.2 Å². The lowest BCUT2D eigenvalue weighted by Gasteiger charge is -2.21. The van der Waals surface area contributed by atoms with Gasteiger partial charge in [-0.1, -0.05) is 58.0 Å². The lowest BCUT2D eigenvalue weighted by Crippen LogP contribution is -2.29. The monoisotopic (exact) mass is 514 g/mol. The van der Waals surface area contributed by atoms with Crippen LogP contribution in [0, 0.1) is 0 Å². The lowest BCUT2D eigenvalue weighted by molar-refractivity contribution is 0.201. The van der Waals surface area contributed by atoms with Gasteiger partial charge in [0, 0.05) is 29.9 Å². The van der Waals surface area contributed by atoms with Crippen LogP contribution in [-0.2, 0) is 7.05 Å². The number of ether oxygens (including phenoxy) is 1. The Morgan fingerprint density at radius 3 is 2.29 bits per heavy atom. The van der Waals surface area contributed by atoms with Gasteiger partial charge in [-0.05, 0) is 52.8 Å². The van der Waals surface area contributed by atoms with E-state index >= 15 is 0 Å². The van der Waals surface area contributed by atoms with Crippen LogP contribution in [0.3, 0.4) is 0 Å². The summed E-state index contributed by atoms with van der Waals surface area (Å²) in [5, 5.41) is 15.8. The second-order valence-electron chi connectivity index (χ2n) is 9.79. The Bertz CT molecular complexity index is 1500. The molecule has 4 aromatic rings. The number of aryl methyl sites for hydroxylation is 1. The Morgan fingerprint density at radius 2 is 1.63 bits per heavy atom. The van der Waals surface area contributed by atoms with Crippen molar-refractivity contribution in [1.29, 1.82) is 0 Å². The zero-order valence-corrected chi connectivity index (χ0v) is 22.4. The molecule has 0 aliphatic rings. The zero-order valence-electron chi connectivity index (χ0n) is 22.4. The van der Waals surface area contributed by atoms with E-state index in [1.54, 1.807) is 37.5 Å². The molecule has 0 atom stereocenters. The predicted molar refractivity (Wildman–Crippen MR) is 152 cm³/mol. The van der Waals surface area contributed by atoms with E-state index < -0.39 is 6.03 Å². The molecule has 3 N–H and O–H groups in total. The fourth-order valence-corrected chi connectivity index (χ4v) is 4.64. The van der Waals surface area contributed by atoms with Gasteiger partial charge in [0.25, 0.3) is 5.56 Å². The molecule has 4 rings (SSSR count). The van der Waals surface area contributed by atoms with Crippen molar-refractivity contribution in [3.63, 3.8) is 0 Å². The number of carbonyl (C=O) groups is 1. The first-order valence-corrected chi connectivity index (χ1v) is 12.8. The van der Waals surface area contributed by atoms with Crippen LogP contribution in [0.5, 0.6) is 5.75 Å². The van der Waals surface area contributed by atoms with Gasteiger partial charge in [0.2, 0.25) is 0 Å². The molecule has 8 heteroatoms. The molecule has 198 valence electrons. The molecule has 2 aromatic carbocycles. The SMILES string of the molecule is CC(C)c1cccc(C(C)C)c1NC(=O)Nc1c(-c2cccc(OCCO)c2)c2cccnc2n(C)c1=O. The number of nitrogens with one attached hydrogen (secondary N) is 2. The summed E-state index contributed by atoms with van der Waals surface area (Å²) in [5.41, 5.74) is 4.27. The van der Waals surface area contributed by atoms with Crippen LogP contribution in [0.25, 0.3) is 22.2 Å². The smallest absolute Gasteiger partial charge is 0.323 e. The average molecular weight is 515 g/mol. The molecular formula is C30H34N4O4. The largest absolute Gasteiger partial charge is 0.491 e. The van der Waals surface area contributed by atoms with Crippen LogP contribution < -0.4 is 20.9 Å². The third-order valence-electron chi connectivity index (χ3n) is 6.47. The van der Waals surface area contributed by atoms with Crippen LogP contribution in [0.2, 0.25) is 0 Å². The number of para-hydroxylation sites is 1. The molecule has 2 amide bonds. The maximum absolute atomic E-state index is 13.6. The number of nitrogens with zero attached hydrogens (tertiary/aromatic N) is 2. The Morgan fingerprint density at radius 1 is 0.974 bits per heavy atom. The summed E-state index contributed by atoms with van der Waals surface area (Å²) in [6.45, 7) is 8.35. The number of urea groups is 1. The molecule has 38 heavy (non-hydrogen) atoms. The molecule has 2 heterocycles. The number of fused-ring (bicyclic) bond motifs is 1. The van der Waals surface area contributed by atoms with Crippen LogP contribution >= 0.6 is 0 Å². The van der Waals surface area contributed by atoms with Crippen LogP contribution in [0.15, 0.2) is 65.6 Å². The summed E-state index contributed by atoms with van der Waals surface area (Å²) in [7, 11) is 1.64. The van der Waals surface area contributed by atoms with E-state index in [4.69, 9.17) is 9.84 Å². The second-order valence-corrected chi connectivity index (χ2v) is 9.79. The number of amides is 2. The van der Waals surface area contributed by atoms with E-state index in [9.17, 15) is 9.59 Å². The van der Waals surface area contributed by atoms with Crippen molar-refractivity contribution >= 4 is 28.4 Å². The Hall–Kier alpha value is -4.17. The van der Waals surface area contributed by atoms with Gasteiger partial charge < -0.3 is 20.5 Å². The first-order valence-electron chi connectivity index (χ1n) is 12.8. The molecule has 2 aromatic heterocycles. The number of pyridine rings is 2. The van der Waals surface area contributed by atoms with E-state index in [1.807, 2.05) is 30.3 Å². The predicted octanol–water partition coefficient (Wildman–Crippen LogP) is 5.86. The fourth-order valence-electron chi connectivity index (χ4n) is 4.64. The summed E-state index contributed by atoms with van der Waals surface area (Å²) in [4.78, 5) is 31.5. The number of hydrogen-bond donors (Lipinski definition) is 3. The van der Waals surface area contributed by atoms with E-state index in [1.165, 1.54) is 4.57 Å². The zero-order chi connectivity index (χ0) is 27.4. The highest BCUT2D eigenvalue weighted by molar-refractivity contribution is 6.07. The van der Waals surface area contributed by atoms with Gasteiger partial charge in [-0.15, -0.1) is 0 Å². The quantitative estimate of drug-likeness (QED) is 0.273. The highest BCUT2D eigenvalue weighted by Crippen LogP contribution is 2.35. The minimum atomic E-state index is -0.505. The maximum Gasteiger partial charge on any atom is 0.323 e. The number of aliphatic hydroxyl groups excluding tert-OH is 1.